The first-order chi connectivity index (χ1) is 8.06. The van der Waals surface area contributed by atoms with Crippen LogP contribution in [0.5, 0.6) is 0 Å². The molecule has 0 heterocycles. The molecule has 0 bridgehead atoms. The second-order valence-corrected chi connectivity index (χ2v) is 4.44. The fourth-order valence-corrected chi connectivity index (χ4v) is 1.80. The third-order valence-electron chi connectivity index (χ3n) is 2.65. The maximum Gasteiger partial charge on any atom is 4.00 e. The minimum atomic E-state index is -0.542. The van der Waals surface area contributed by atoms with E-state index in [1.54, 1.807) is 28.2 Å². The Morgan fingerprint density at radius 3 is 1.74 bits per heavy atom. The molecule has 0 spiro atoms. The summed E-state index contributed by atoms with van der Waals surface area (Å²) in [4.78, 5) is 0. The third-order valence-corrected chi connectivity index (χ3v) is 2.65. The Morgan fingerprint density at radius 2 is 1.47 bits per heavy atom. The van der Waals surface area contributed by atoms with Crippen molar-refractivity contribution in [2.24, 2.45) is 5.92 Å². The van der Waals surface area contributed by atoms with Crippen LogP contribution in [0.2, 0.25) is 13.1 Å². The predicted molar refractivity (Wildman–Crippen MR) is 84.8 cm³/mol. The standard InChI is InChI=1S/C8H16BFN.2C2H6N.CH3.Ti/c1-9(11-2)6-7-4-3-5-8(7)10;2*1-3-2;;/h7-8H,3-6H2,1-2H3;2*1-2H3;1H3;/q4*-1;+4. The molecule has 0 aromatic heterocycles. The Balaban J connectivity index is -0.000000122. The van der Waals surface area contributed by atoms with Gasteiger partial charge in [0.25, 0.3) is 0 Å². The van der Waals surface area contributed by atoms with Crippen molar-refractivity contribution in [3.05, 3.63) is 23.3 Å². The molecule has 1 aliphatic carbocycles. The molecule has 1 fully saturated rings. The van der Waals surface area contributed by atoms with E-state index in [1.165, 1.54) is 0 Å². The van der Waals surface area contributed by atoms with Crippen LogP contribution in [0.1, 0.15) is 19.3 Å². The molecule has 112 valence electrons. The van der Waals surface area contributed by atoms with Crippen molar-refractivity contribution in [1.82, 2.24) is 0 Å². The first-order valence-corrected chi connectivity index (χ1v) is 6.26. The van der Waals surface area contributed by atoms with Crippen molar-refractivity contribution in [2.45, 2.75) is 38.6 Å². The van der Waals surface area contributed by atoms with Gasteiger partial charge >= 0.3 is 21.7 Å². The molecule has 1 rings (SSSR count). The van der Waals surface area contributed by atoms with Crippen LogP contribution in [0.15, 0.2) is 0 Å². The molecule has 3 nitrogen and oxygen atoms in total. The molecular weight excluding hydrogens is 276 g/mol. The Kier molecular flexibility index (Phi) is 30.6. The van der Waals surface area contributed by atoms with Crippen LogP contribution >= 0.6 is 0 Å². The van der Waals surface area contributed by atoms with Gasteiger partial charge in [0.15, 0.2) is 0 Å². The summed E-state index contributed by atoms with van der Waals surface area (Å²) in [6, 6.07) is 0. The zero-order chi connectivity index (χ0) is 13.7. The summed E-state index contributed by atoms with van der Waals surface area (Å²) in [7, 11) is 8.81. The molecule has 0 aliphatic heterocycles. The van der Waals surface area contributed by atoms with Crippen LogP contribution in [0.25, 0.3) is 15.9 Å². The fraction of sp³-hybridized carbons (Fsp3) is 0.923. The zero-order valence-electron chi connectivity index (χ0n) is 13.8. The van der Waals surface area contributed by atoms with Gasteiger partial charge in [0, 0.05) is 6.85 Å². The molecule has 2 unspecified atom stereocenters. The molecule has 0 saturated heterocycles. The van der Waals surface area contributed by atoms with E-state index >= 15 is 0 Å². The van der Waals surface area contributed by atoms with Crippen LogP contribution in [-0.4, -0.2) is 48.3 Å². The number of alkyl halides is 1. The second kappa shape index (κ2) is 20.9. The van der Waals surface area contributed by atoms with E-state index < -0.39 is 6.17 Å². The normalized spacial score (nSPS) is 19.7. The predicted octanol–water partition coefficient (Wildman–Crippen LogP) is 4.44. The zero-order valence-corrected chi connectivity index (χ0v) is 15.3. The molecule has 6 heteroatoms. The quantitative estimate of drug-likeness (QED) is 0.546. The summed E-state index contributed by atoms with van der Waals surface area (Å²) in [5.41, 5.74) is 0. The topological polar surface area (TPSA) is 42.3 Å². The SMILES string of the molecule is C[N-]B(C)CC1CCCC1F.C[N-]C.C[N-]C.[CH3-].[Ti+4]. The Bertz CT molecular complexity index is 154. The van der Waals surface area contributed by atoms with Crippen LogP contribution < -0.4 is 0 Å². The maximum atomic E-state index is 13.0. The Morgan fingerprint density at radius 1 is 1.05 bits per heavy atom. The van der Waals surface area contributed by atoms with Crippen LogP contribution in [0.3, 0.4) is 0 Å². The van der Waals surface area contributed by atoms with Gasteiger partial charge in [-0.1, -0.05) is 12.7 Å². The molecule has 0 aromatic rings. The number of rotatable bonds is 3. The molecule has 1 aliphatic rings. The number of halogens is 1. The van der Waals surface area contributed by atoms with Gasteiger partial charge in [-0.25, -0.2) is 4.39 Å². The Hall–Kier alpha value is 0.589. The third kappa shape index (κ3) is 18.6. The van der Waals surface area contributed by atoms with Gasteiger partial charge in [-0.2, -0.15) is 35.2 Å². The summed E-state index contributed by atoms with van der Waals surface area (Å²) in [6.45, 7) is 2.40. The summed E-state index contributed by atoms with van der Waals surface area (Å²) in [5, 5.41) is 11.1. The van der Waals surface area contributed by atoms with Crippen LogP contribution in [0.4, 0.5) is 4.39 Å². The van der Waals surface area contributed by atoms with Crippen LogP contribution in [-0.2, 0) is 21.7 Å². The fourth-order valence-electron chi connectivity index (χ4n) is 1.80. The summed E-state index contributed by atoms with van der Waals surface area (Å²) < 4.78 is 13.0. The van der Waals surface area contributed by atoms with E-state index in [4.69, 9.17) is 0 Å². The molecule has 0 amide bonds. The van der Waals surface area contributed by atoms with Gasteiger partial charge < -0.3 is 23.3 Å². The van der Waals surface area contributed by atoms with E-state index in [0.29, 0.717) is 12.8 Å². The molecule has 0 radical (unpaired) electrons. The minimum Gasteiger partial charge on any atom is -0.689 e. The molecule has 0 N–H and O–H groups in total. The number of nitrogens with zero attached hydrogens (tertiary/aromatic N) is 3. The van der Waals surface area contributed by atoms with Crippen molar-refractivity contribution in [3.63, 3.8) is 0 Å². The van der Waals surface area contributed by atoms with Gasteiger partial charge in [0.2, 0.25) is 0 Å². The molecule has 1 saturated carbocycles. The largest absolute Gasteiger partial charge is 4.00 e. The number of hydrogen-bond donors (Lipinski definition) is 0. The molecule has 19 heavy (non-hydrogen) atoms. The average molecular weight is 307 g/mol. The van der Waals surface area contributed by atoms with Gasteiger partial charge in [-0.3, -0.25) is 0 Å². The van der Waals surface area contributed by atoms with Crippen molar-refractivity contribution in [2.75, 3.05) is 35.2 Å². The van der Waals surface area contributed by atoms with Crippen molar-refractivity contribution in [1.29, 1.82) is 0 Å². The van der Waals surface area contributed by atoms with E-state index in [2.05, 4.69) is 22.7 Å². The van der Waals surface area contributed by atoms with Crippen molar-refractivity contribution in [3.8, 4) is 0 Å². The second-order valence-electron chi connectivity index (χ2n) is 4.44. The minimum absolute atomic E-state index is 0. The monoisotopic (exact) mass is 307 g/mol. The van der Waals surface area contributed by atoms with Gasteiger partial charge in [-0.05, 0) is 18.8 Å². The summed E-state index contributed by atoms with van der Waals surface area (Å²) in [5.74, 6) is 0.300. The van der Waals surface area contributed by atoms with Crippen molar-refractivity contribution < 1.29 is 26.1 Å². The van der Waals surface area contributed by atoms with Gasteiger partial charge in [-0.15, -0.1) is 6.82 Å². The molecule has 2 atom stereocenters. The van der Waals surface area contributed by atoms with E-state index in [1.807, 2.05) is 7.05 Å². The Labute approximate surface area is 136 Å². The maximum absolute atomic E-state index is 13.0. The summed E-state index contributed by atoms with van der Waals surface area (Å²) >= 11 is 0. The average Bonchev–Trinajstić information content (AvgIpc) is 2.66. The summed E-state index contributed by atoms with van der Waals surface area (Å²) in [6.07, 6.45) is 3.32. The van der Waals surface area contributed by atoms with E-state index in [-0.39, 0.29) is 29.1 Å². The number of hydrogen-bond acceptors (Lipinski definition) is 0. The first-order valence-electron chi connectivity index (χ1n) is 6.26. The first kappa shape index (κ1) is 27.9. The van der Waals surface area contributed by atoms with Crippen molar-refractivity contribution >= 4 is 6.85 Å². The smallest absolute Gasteiger partial charge is 0.689 e. The van der Waals surface area contributed by atoms with Gasteiger partial charge in [0.1, 0.15) is 6.17 Å². The molecule has 0 aromatic carbocycles. The van der Waals surface area contributed by atoms with E-state index in [9.17, 15) is 4.39 Å². The van der Waals surface area contributed by atoms with Crippen LogP contribution in [0, 0.1) is 13.3 Å². The molecular formula is C13H31BFN3Ti. The van der Waals surface area contributed by atoms with E-state index in [0.717, 1.165) is 25.6 Å². The van der Waals surface area contributed by atoms with Gasteiger partial charge in [0.05, 0.1) is 0 Å².